The third kappa shape index (κ3) is 7.34. The van der Waals surface area contributed by atoms with Crippen LogP contribution in [0.15, 0.2) is 72.9 Å². The molecule has 0 saturated carbocycles. The second kappa shape index (κ2) is 12.0. The van der Waals surface area contributed by atoms with Gasteiger partial charge in [-0.1, -0.05) is 74.5 Å². The zero-order valence-corrected chi connectivity index (χ0v) is 18.7. The van der Waals surface area contributed by atoms with Crippen LogP contribution in [0.4, 0.5) is 0 Å². The fraction of sp³-hybridized carbons (Fsp3) is 0.333. The molecule has 0 aliphatic rings. The highest BCUT2D eigenvalue weighted by Crippen LogP contribution is 2.20. The van der Waals surface area contributed by atoms with E-state index in [-0.39, 0.29) is 5.91 Å². The van der Waals surface area contributed by atoms with Crippen molar-refractivity contribution in [2.75, 3.05) is 13.1 Å². The first-order chi connectivity index (χ1) is 15.2. The zero-order chi connectivity index (χ0) is 21.9. The Kier molecular flexibility index (Phi) is 8.80. The van der Waals surface area contributed by atoms with Crippen LogP contribution >= 0.6 is 0 Å². The van der Waals surface area contributed by atoms with Gasteiger partial charge in [-0.05, 0) is 48.7 Å². The van der Waals surface area contributed by atoms with Crippen LogP contribution in [-0.2, 0) is 24.3 Å². The number of benzene rings is 2. The quantitative estimate of drug-likeness (QED) is 0.466. The van der Waals surface area contributed by atoms with E-state index in [0.717, 1.165) is 60.4 Å². The van der Waals surface area contributed by atoms with Crippen LogP contribution in [0.3, 0.4) is 0 Å². The molecule has 4 nitrogen and oxygen atoms in total. The summed E-state index contributed by atoms with van der Waals surface area (Å²) in [5.41, 5.74) is 5.44. The van der Waals surface area contributed by atoms with E-state index in [1.807, 2.05) is 48.7 Å². The fourth-order valence-corrected chi connectivity index (χ4v) is 3.68. The van der Waals surface area contributed by atoms with Gasteiger partial charge in [-0.2, -0.15) is 0 Å². The average molecular weight is 416 g/mol. The number of pyridine rings is 1. The minimum atomic E-state index is 0.0336. The van der Waals surface area contributed by atoms with Gasteiger partial charge in [0.2, 0.25) is 5.91 Å². The molecule has 31 heavy (non-hydrogen) atoms. The van der Waals surface area contributed by atoms with Crippen molar-refractivity contribution < 1.29 is 4.79 Å². The maximum atomic E-state index is 12.2. The van der Waals surface area contributed by atoms with Crippen LogP contribution in [0, 0.1) is 0 Å². The van der Waals surface area contributed by atoms with Gasteiger partial charge < -0.3 is 5.32 Å². The molecule has 162 valence electrons. The van der Waals surface area contributed by atoms with E-state index in [1.165, 1.54) is 0 Å². The summed E-state index contributed by atoms with van der Waals surface area (Å²) in [7, 11) is 0. The molecule has 0 aliphatic carbocycles. The molecular formula is C27H33N3O. The molecule has 0 radical (unpaired) electrons. The molecule has 0 unspecified atom stereocenters. The number of hydrogen-bond donors (Lipinski definition) is 1. The number of carbonyl (C=O) groups is 1. The van der Waals surface area contributed by atoms with Crippen LogP contribution < -0.4 is 5.32 Å². The number of aromatic nitrogens is 1. The summed E-state index contributed by atoms with van der Waals surface area (Å²) in [6.45, 7) is 8.11. The van der Waals surface area contributed by atoms with Crippen LogP contribution in [0.5, 0.6) is 0 Å². The van der Waals surface area contributed by atoms with Crippen molar-refractivity contribution in [2.24, 2.45) is 0 Å². The summed E-state index contributed by atoms with van der Waals surface area (Å²) in [6.07, 6.45) is 4.66. The topological polar surface area (TPSA) is 45.2 Å². The summed E-state index contributed by atoms with van der Waals surface area (Å²) in [4.78, 5) is 19.4. The lowest BCUT2D eigenvalue weighted by Crippen LogP contribution is -2.25. The molecule has 0 bridgehead atoms. The molecule has 2 aromatic carbocycles. The first kappa shape index (κ1) is 22.7. The highest BCUT2D eigenvalue weighted by Gasteiger charge is 2.07. The largest absolute Gasteiger partial charge is 0.352 e. The SMILES string of the molecule is CCCN(CCC)Cc1ccc(-c2ccc(CC(=O)NCc3ccccc3)cc2)cn1. The number of amides is 1. The van der Waals surface area contributed by atoms with E-state index < -0.39 is 0 Å². The summed E-state index contributed by atoms with van der Waals surface area (Å²) in [6, 6.07) is 22.4. The highest BCUT2D eigenvalue weighted by atomic mass is 16.1. The summed E-state index contributed by atoms with van der Waals surface area (Å²) in [5.74, 6) is 0.0336. The Hall–Kier alpha value is -2.98. The molecule has 3 rings (SSSR count). The molecule has 0 fully saturated rings. The van der Waals surface area contributed by atoms with Gasteiger partial charge in [0.1, 0.15) is 0 Å². The van der Waals surface area contributed by atoms with Gasteiger partial charge >= 0.3 is 0 Å². The van der Waals surface area contributed by atoms with Crippen LogP contribution in [0.1, 0.15) is 43.5 Å². The molecule has 0 atom stereocenters. The van der Waals surface area contributed by atoms with Gasteiger partial charge in [0.15, 0.2) is 0 Å². The molecular weight excluding hydrogens is 382 g/mol. The molecule has 3 aromatic rings. The first-order valence-electron chi connectivity index (χ1n) is 11.2. The molecule has 0 saturated heterocycles. The number of rotatable bonds is 11. The van der Waals surface area contributed by atoms with Crippen molar-refractivity contribution in [3.05, 3.63) is 89.7 Å². The number of nitrogens with zero attached hydrogens (tertiary/aromatic N) is 2. The minimum Gasteiger partial charge on any atom is -0.352 e. The second-order valence-electron chi connectivity index (χ2n) is 7.95. The molecule has 1 aromatic heterocycles. The summed E-state index contributed by atoms with van der Waals surface area (Å²) in [5, 5.41) is 2.98. The van der Waals surface area contributed by atoms with Crippen molar-refractivity contribution in [1.29, 1.82) is 0 Å². The fourth-order valence-electron chi connectivity index (χ4n) is 3.68. The van der Waals surface area contributed by atoms with Crippen LogP contribution in [0.25, 0.3) is 11.1 Å². The molecule has 1 heterocycles. The molecule has 0 aliphatic heterocycles. The predicted molar refractivity (Wildman–Crippen MR) is 128 cm³/mol. The van der Waals surface area contributed by atoms with Crippen molar-refractivity contribution in [3.63, 3.8) is 0 Å². The first-order valence-corrected chi connectivity index (χ1v) is 11.2. The third-order valence-corrected chi connectivity index (χ3v) is 5.27. The zero-order valence-electron chi connectivity index (χ0n) is 18.7. The van der Waals surface area contributed by atoms with Crippen LogP contribution in [0.2, 0.25) is 0 Å². The number of nitrogens with one attached hydrogen (secondary N) is 1. The van der Waals surface area contributed by atoms with Gasteiger partial charge in [0.05, 0.1) is 12.1 Å². The molecule has 4 heteroatoms. The predicted octanol–water partition coefficient (Wildman–Crippen LogP) is 5.23. The molecule has 1 amide bonds. The number of hydrogen-bond acceptors (Lipinski definition) is 3. The van der Waals surface area contributed by atoms with Crippen LogP contribution in [-0.4, -0.2) is 28.9 Å². The maximum absolute atomic E-state index is 12.2. The second-order valence-corrected chi connectivity index (χ2v) is 7.95. The standard InChI is InChI=1S/C27H33N3O/c1-3-16-30(17-4-2)21-26-15-14-25(20-28-26)24-12-10-22(11-13-24)18-27(31)29-19-23-8-6-5-7-9-23/h5-15,20H,3-4,16-19,21H2,1-2H3,(H,29,31). The van der Waals surface area contributed by atoms with E-state index in [1.54, 1.807) is 0 Å². The smallest absolute Gasteiger partial charge is 0.224 e. The Morgan fingerprint density at radius 2 is 1.52 bits per heavy atom. The van der Waals surface area contributed by atoms with Gasteiger partial charge in [-0.15, -0.1) is 0 Å². The number of carbonyl (C=O) groups excluding carboxylic acids is 1. The van der Waals surface area contributed by atoms with E-state index >= 15 is 0 Å². The Morgan fingerprint density at radius 3 is 2.13 bits per heavy atom. The van der Waals surface area contributed by atoms with Crippen molar-refractivity contribution in [3.8, 4) is 11.1 Å². The summed E-state index contributed by atoms with van der Waals surface area (Å²) >= 11 is 0. The normalized spacial score (nSPS) is 10.9. The lowest BCUT2D eigenvalue weighted by atomic mass is 10.0. The Morgan fingerprint density at radius 1 is 0.839 bits per heavy atom. The van der Waals surface area contributed by atoms with Crippen molar-refractivity contribution >= 4 is 5.91 Å². The van der Waals surface area contributed by atoms with E-state index in [4.69, 9.17) is 0 Å². The average Bonchev–Trinajstić information content (AvgIpc) is 2.80. The van der Waals surface area contributed by atoms with Crippen molar-refractivity contribution in [2.45, 2.75) is 46.2 Å². The highest BCUT2D eigenvalue weighted by molar-refractivity contribution is 5.78. The Labute approximate surface area is 186 Å². The Bertz CT molecular complexity index is 915. The lowest BCUT2D eigenvalue weighted by Gasteiger charge is -2.20. The lowest BCUT2D eigenvalue weighted by molar-refractivity contribution is -0.120. The van der Waals surface area contributed by atoms with Gasteiger partial charge in [0.25, 0.3) is 0 Å². The van der Waals surface area contributed by atoms with E-state index in [9.17, 15) is 4.79 Å². The summed E-state index contributed by atoms with van der Waals surface area (Å²) < 4.78 is 0. The van der Waals surface area contributed by atoms with E-state index in [2.05, 4.69) is 53.3 Å². The van der Waals surface area contributed by atoms with E-state index in [0.29, 0.717) is 13.0 Å². The van der Waals surface area contributed by atoms with Crippen molar-refractivity contribution in [1.82, 2.24) is 15.2 Å². The molecule has 0 spiro atoms. The van der Waals surface area contributed by atoms with Gasteiger partial charge in [0, 0.05) is 24.8 Å². The van der Waals surface area contributed by atoms with Gasteiger partial charge in [-0.3, -0.25) is 14.7 Å². The third-order valence-electron chi connectivity index (χ3n) is 5.27. The molecule has 1 N–H and O–H groups in total. The maximum Gasteiger partial charge on any atom is 0.224 e. The monoisotopic (exact) mass is 415 g/mol. The minimum absolute atomic E-state index is 0.0336. The Balaban J connectivity index is 1.53. The van der Waals surface area contributed by atoms with Gasteiger partial charge in [-0.25, -0.2) is 0 Å².